The van der Waals surface area contributed by atoms with Gasteiger partial charge < -0.3 is 14.8 Å². The normalized spacial score (nSPS) is 12.3. The van der Waals surface area contributed by atoms with Crippen LogP contribution in [0.4, 0.5) is 0 Å². The predicted molar refractivity (Wildman–Crippen MR) is 110 cm³/mol. The molecule has 0 fully saturated rings. The van der Waals surface area contributed by atoms with Crippen molar-refractivity contribution in [1.82, 2.24) is 5.32 Å². The second-order valence-corrected chi connectivity index (χ2v) is 7.72. The number of hydrogen-bond donors (Lipinski definition) is 1. The molecule has 0 aromatic heterocycles. The third-order valence-corrected chi connectivity index (χ3v) is 4.29. The molecule has 27 heavy (non-hydrogen) atoms. The van der Waals surface area contributed by atoms with Gasteiger partial charge in [-0.05, 0) is 48.1 Å². The minimum atomic E-state index is -0.506. The molecule has 0 aliphatic carbocycles. The molecule has 0 aliphatic rings. The molecule has 1 atom stereocenters. The van der Waals surface area contributed by atoms with Gasteiger partial charge in [-0.2, -0.15) is 0 Å². The number of ether oxygens (including phenoxy) is 2. The Labute approximate surface area is 162 Å². The van der Waals surface area contributed by atoms with E-state index in [1.54, 1.807) is 0 Å². The SMILES string of the molecule is CCC(Oc1cccc(C)c1)C(=O)NCCOc1ccccc1C(C)(C)C. The zero-order valence-electron chi connectivity index (χ0n) is 17.0. The summed E-state index contributed by atoms with van der Waals surface area (Å²) in [4.78, 5) is 12.4. The van der Waals surface area contributed by atoms with Crippen molar-refractivity contribution in [1.29, 1.82) is 0 Å². The summed E-state index contributed by atoms with van der Waals surface area (Å²) < 4.78 is 11.7. The number of para-hydroxylation sites is 1. The van der Waals surface area contributed by atoms with Crippen molar-refractivity contribution >= 4 is 5.91 Å². The van der Waals surface area contributed by atoms with Crippen molar-refractivity contribution in [2.75, 3.05) is 13.2 Å². The largest absolute Gasteiger partial charge is 0.491 e. The summed E-state index contributed by atoms with van der Waals surface area (Å²) in [6.45, 7) is 11.3. The van der Waals surface area contributed by atoms with Crippen molar-refractivity contribution < 1.29 is 14.3 Å². The molecular weight excluding hydrogens is 338 g/mol. The van der Waals surface area contributed by atoms with E-state index in [1.807, 2.05) is 56.3 Å². The van der Waals surface area contributed by atoms with Gasteiger partial charge in [0, 0.05) is 0 Å². The lowest BCUT2D eigenvalue weighted by Crippen LogP contribution is -2.39. The molecule has 146 valence electrons. The van der Waals surface area contributed by atoms with Crippen molar-refractivity contribution in [3.63, 3.8) is 0 Å². The Balaban J connectivity index is 1.85. The number of carbonyl (C=O) groups is 1. The molecule has 0 radical (unpaired) electrons. The Hall–Kier alpha value is -2.49. The Morgan fingerprint density at radius 1 is 1.11 bits per heavy atom. The zero-order valence-corrected chi connectivity index (χ0v) is 17.0. The lowest BCUT2D eigenvalue weighted by atomic mass is 9.86. The monoisotopic (exact) mass is 369 g/mol. The van der Waals surface area contributed by atoms with Crippen LogP contribution < -0.4 is 14.8 Å². The summed E-state index contributed by atoms with van der Waals surface area (Å²) in [5.41, 5.74) is 2.27. The molecule has 1 amide bonds. The van der Waals surface area contributed by atoms with Crippen molar-refractivity contribution in [2.45, 2.75) is 52.6 Å². The van der Waals surface area contributed by atoms with Gasteiger partial charge in [0.25, 0.3) is 5.91 Å². The second-order valence-electron chi connectivity index (χ2n) is 7.72. The fourth-order valence-electron chi connectivity index (χ4n) is 2.84. The standard InChI is InChI=1S/C23H31NO3/c1-6-20(27-18-11-9-10-17(2)16-18)22(25)24-14-15-26-21-13-8-7-12-19(21)23(3,4)5/h7-13,16,20H,6,14-15H2,1-5H3,(H,24,25). The van der Waals surface area contributed by atoms with Crippen LogP contribution in [0.15, 0.2) is 48.5 Å². The van der Waals surface area contributed by atoms with Gasteiger partial charge in [0.05, 0.1) is 6.54 Å². The fourth-order valence-corrected chi connectivity index (χ4v) is 2.84. The highest BCUT2D eigenvalue weighted by molar-refractivity contribution is 5.81. The fraction of sp³-hybridized carbons (Fsp3) is 0.435. The number of hydrogen-bond acceptors (Lipinski definition) is 3. The van der Waals surface area contributed by atoms with Gasteiger partial charge in [0.15, 0.2) is 6.10 Å². The second kappa shape index (κ2) is 9.45. The highest BCUT2D eigenvalue weighted by atomic mass is 16.5. The van der Waals surface area contributed by atoms with Crippen LogP contribution >= 0.6 is 0 Å². The van der Waals surface area contributed by atoms with E-state index in [0.717, 1.165) is 16.9 Å². The molecule has 2 aromatic carbocycles. The number of nitrogens with one attached hydrogen (secondary N) is 1. The number of rotatable bonds is 8. The first-order chi connectivity index (χ1) is 12.8. The summed E-state index contributed by atoms with van der Waals surface area (Å²) >= 11 is 0. The Bertz CT molecular complexity index is 749. The first-order valence-electron chi connectivity index (χ1n) is 9.54. The molecule has 2 aromatic rings. The average molecular weight is 370 g/mol. The van der Waals surface area contributed by atoms with E-state index in [1.165, 1.54) is 0 Å². The summed E-state index contributed by atoms with van der Waals surface area (Å²) in [7, 11) is 0. The lowest BCUT2D eigenvalue weighted by molar-refractivity contribution is -0.128. The number of benzene rings is 2. The van der Waals surface area contributed by atoms with Crippen LogP contribution in [0.1, 0.15) is 45.2 Å². The maximum Gasteiger partial charge on any atom is 0.261 e. The quantitative estimate of drug-likeness (QED) is 0.689. The third-order valence-electron chi connectivity index (χ3n) is 4.29. The highest BCUT2D eigenvalue weighted by Gasteiger charge is 2.19. The van der Waals surface area contributed by atoms with Crippen molar-refractivity contribution in [3.8, 4) is 11.5 Å². The number of aryl methyl sites for hydroxylation is 1. The Kier molecular flexibility index (Phi) is 7.28. The zero-order chi connectivity index (χ0) is 19.9. The van der Waals surface area contributed by atoms with Crippen molar-refractivity contribution in [2.24, 2.45) is 0 Å². The molecule has 0 saturated carbocycles. The number of amides is 1. The molecule has 4 nitrogen and oxygen atoms in total. The van der Waals surface area contributed by atoms with E-state index in [-0.39, 0.29) is 11.3 Å². The van der Waals surface area contributed by atoms with Gasteiger partial charge in [-0.15, -0.1) is 0 Å². The first-order valence-corrected chi connectivity index (χ1v) is 9.54. The summed E-state index contributed by atoms with van der Waals surface area (Å²) in [5, 5.41) is 2.91. The smallest absolute Gasteiger partial charge is 0.261 e. The van der Waals surface area contributed by atoms with E-state index in [2.05, 4.69) is 32.2 Å². The maximum atomic E-state index is 12.4. The van der Waals surface area contributed by atoms with E-state index in [0.29, 0.717) is 25.3 Å². The molecule has 0 heterocycles. The molecule has 1 unspecified atom stereocenters. The molecule has 4 heteroatoms. The molecule has 0 saturated heterocycles. The summed E-state index contributed by atoms with van der Waals surface area (Å²) in [6.07, 6.45) is 0.0988. The predicted octanol–water partition coefficient (Wildman–Crippen LogP) is 4.65. The topological polar surface area (TPSA) is 47.6 Å². The van der Waals surface area contributed by atoms with Crippen LogP contribution in [0, 0.1) is 6.92 Å². The lowest BCUT2D eigenvalue weighted by Gasteiger charge is -2.23. The minimum Gasteiger partial charge on any atom is -0.491 e. The van der Waals surface area contributed by atoms with Gasteiger partial charge >= 0.3 is 0 Å². The van der Waals surface area contributed by atoms with Crippen LogP contribution in [-0.2, 0) is 10.2 Å². The van der Waals surface area contributed by atoms with E-state index in [4.69, 9.17) is 9.47 Å². The minimum absolute atomic E-state index is 0.00873. The molecular formula is C23H31NO3. The maximum absolute atomic E-state index is 12.4. The summed E-state index contributed by atoms with van der Waals surface area (Å²) in [6, 6.07) is 15.8. The van der Waals surface area contributed by atoms with Crippen LogP contribution in [-0.4, -0.2) is 25.2 Å². The van der Waals surface area contributed by atoms with E-state index >= 15 is 0 Å². The molecule has 1 N–H and O–H groups in total. The van der Waals surface area contributed by atoms with Crippen LogP contribution in [0.2, 0.25) is 0 Å². The van der Waals surface area contributed by atoms with Gasteiger partial charge in [-0.25, -0.2) is 0 Å². The third kappa shape index (κ3) is 6.31. The van der Waals surface area contributed by atoms with Crippen LogP contribution in [0.25, 0.3) is 0 Å². The highest BCUT2D eigenvalue weighted by Crippen LogP contribution is 2.30. The van der Waals surface area contributed by atoms with E-state index < -0.39 is 6.10 Å². The molecule has 0 aliphatic heterocycles. The van der Waals surface area contributed by atoms with Crippen LogP contribution in [0.3, 0.4) is 0 Å². The van der Waals surface area contributed by atoms with Crippen LogP contribution in [0.5, 0.6) is 11.5 Å². The number of carbonyl (C=O) groups excluding carboxylic acids is 1. The van der Waals surface area contributed by atoms with Gasteiger partial charge in [-0.1, -0.05) is 58.0 Å². The molecule has 0 bridgehead atoms. The van der Waals surface area contributed by atoms with Gasteiger partial charge in [-0.3, -0.25) is 4.79 Å². The van der Waals surface area contributed by atoms with Crippen molar-refractivity contribution in [3.05, 3.63) is 59.7 Å². The summed E-state index contributed by atoms with van der Waals surface area (Å²) in [5.74, 6) is 1.46. The van der Waals surface area contributed by atoms with Gasteiger partial charge in [0.2, 0.25) is 0 Å². The average Bonchev–Trinajstić information content (AvgIpc) is 2.62. The Morgan fingerprint density at radius 3 is 2.52 bits per heavy atom. The molecule has 0 spiro atoms. The first kappa shape index (κ1) is 20.8. The van der Waals surface area contributed by atoms with E-state index in [9.17, 15) is 4.79 Å². The van der Waals surface area contributed by atoms with Gasteiger partial charge in [0.1, 0.15) is 18.1 Å². The molecule has 2 rings (SSSR count). The Morgan fingerprint density at radius 2 is 1.85 bits per heavy atom.